The number of aromatic nitrogens is 4. The van der Waals surface area contributed by atoms with Gasteiger partial charge in [-0.2, -0.15) is 9.97 Å². The molecule has 8 nitrogen and oxygen atoms in total. The van der Waals surface area contributed by atoms with Crippen molar-refractivity contribution in [2.24, 2.45) is 7.05 Å². The molecule has 1 unspecified atom stereocenters. The van der Waals surface area contributed by atoms with Crippen LogP contribution in [0.4, 0.5) is 8.78 Å². The molecule has 2 atom stereocenters. The number of nitrogens with zero attached hydrogens (tertiary/aromatic N) is 3. The molecule has 0 bridgehead atoms. The fourth-order valence-electron chi connectivity index (χ4n) is 4.60. The summed E-state index contributed by atoms with van der Waals surface area (Å²) in [6.07, 6.45) is 5.14. The zero-order valence-corrected chi connectivity index (χ0v) is 21.6. The molecule has 10 heteroatoms. The Balaban J connectivity index is 1.45. The second-order valence-electron chi connectivity index (χ2n) is 9.41. The lowest BCUT2D eigenvalue weighted by atomic mass is 9.89. The first-order chi connectivity index (χ1) is 19.4. The maximum atomic E-state index is 14.7. The summed E-state index contributed by atoms with van der Waals surface area (Å²) in [5.41, 5.74) is 0.384. The number of fused-ring (bicyclic) bond motifs is 1. The molecule has 40 heavy (non-hydrogen) atoms. The van der Waals surface area contributed by atoms with Crippen molar-refractivity contribution in [2.75, 3.05) is 13.2 Å². The first-order valence-electron chi connectivity index (χ1n) is 12.7. The number of ether oxygens (including phenoxy) is 1. The van der Waals surface area contributed by atoms with Gasteiger partial charge in [0.05, 0.1) is 5.52 Å². The quantitative estimate of drug-likeness (QED) is 0.364. The Morgan fingerprint density at radius 2 is 2.02 bits per heavy atom. The lowest BCUT2D eigenvalue weighted by Crippen LogP contribution is -2.28. The van der Waals surface area contributed by atoms with Gasteiger partial charge >= 0.3 is 6.01 Å². The second-order valence-corrected chi connectivity index (χ2v) is 9.41. The number of nitrogens with one attached hydrogen (secondary N) is 2. The lowest BCUT2D eigenvalue weighted by molar-refractivity contribution is 0.258. The van der Waals surface area contributed by atoms with Gasteiger partial charge < -0.3 is 19.6 Å². The van der Waals surface area contributed by atoms with Crippen LogP contribution in [-0.4, -0.2) is 38.7 Å². The van der Waals surface area contributed by atoms with E-state index in [4.69, 9.17) is 4.74 Å². The van der Waals surface area contributed by atoms with Crippen LogP contribution in [0.5, 0.6) is 6.01 Å². The van der Waals surface area contributed by atoms with E-state index in [1.165, 1.54) is 16.8 Å². The van der Waals surface area contributed by atoms with Gasteiger partial charge in [0.1, 0.15) is 23.9 Å². The van der Waals surface area contributed by atoms with E-state index in [0.29, 0.717) is 17.5 Å². The third kappa shape index (κ3) is 6.09. The SMILES string of the molecule is Cn1cccc(C(CC#CC#Cc2nc(OC[C@@H]3CCCN3)nc3c[nH]c(=O)cc23)c2cc(F)ccc2F)c1=O. The second kappa shape index (κ2) is 11.9. The van der Waals surface area contributed by atoms with Crippen molar-refractivity contribution in [3.63, 3.8) is 0 Å². The van der Waals surface area contributed by atoms with Gasteiger partial charge in [0.25, 0.3) is 5.56 Å². The van der Waals surface area contributed by atoms with Crippen molar-refractivity contribution < 1.29 is 13.5 Å². The maximum absolute atomic E-state index is 14.7. The highest BCUT2D eigenvalue weighted by Gasteiger charge is 2.21. The smallest absolute Gasteiger partial charge is 0.318 e. The third-order valence-corrected chi connectivity index (χ3v) is 6.66. The number of H-pyrrole nitrogens is 1. The van der Waals surface area contributed by atoms with E-state index >= 15 is 0 Å². The van der Waals surface area contributed by atoms with E-state index in [0.717, 1.165) is 37.6 Å². The van der Waals surface area contributed by atoms with Crippen molar-refractivity contribution >= 4 is 10.9 Å². The van der Waals surface area contributed by atoms with E-state index in [2.05, 4.69) is 44.0 Å². The van der Waals surface area contributed by atoms with E-state index < -0.39 is 17.6 Å². The van der Waals surface area contributed by atoms with E-state index in [1.807, 2.05) is 0 Å². The Bertz CT molecular complexity index is 1800. The number of halogens is 2. The number of pyridine rings is 2. The number of aromatic amines is 1. The molecule has 0 spiro atoms. The summed E-state index contributed by atoms with van der Waals surface area (Å²) in [6.45, 7) is 1.34. The van der Waals surface area contributed by atoms with Crippen molar-refractivity contribution in [3.8, 4) is 29.7 Å². The van der Waals surface area contributed by atoms with Crippen molar-refractivity contribution in [1.82, 2.24) is 24.8 Å². The van der Waals surface area contributed by atoms with E-state index in [9.17, 15) is 18.4 Å². The zero-order chi connectivity index (χ0) is 28.1. The summed E-state index contributed by atoms with van der Waals surface area (Å²) in [5, 5.41) is 3.78. The van der Waals surface area contributed by atoms with Gasteiger partial charge in [0, 0.05) is 54.8 Å². The molecular formula is C30H25F2N5O3. The van der Waals surface area contributed by atoms with E-state index in [1.54, 1.807) is 25.4 Å². The van der Waals surface area contributed by atoms with Crippen LogP contribution < -0.4 is 21.2 Å². The molecule has 5 rings (SSSR count). The van der Waals surface area contributed by atoms with Crippen LogP contribution in [0.2, 0.25) is 0 Å². The molecule has 1 aromatic carbocycles. The summed E-state index contributed by atoms with van der Waals surface area (Å²) < 4.78 is 35.9. The van der Waals surface area contributed by atoms with Gasteiger partial charge in [-0.3, -0.25) is 9.59 Å². The molecule has 4 heterocycles. The fraction of sp³-hybridized carbons (Fsp3) is 0.267. The maximum Gasteiger partial charge on any atom is 0.318 e. The van der Waals surface area contributed by atoms with Crippen LogP contribution >= 0.6 is 0 Å². The monoisotopic (exact) mass is 541 g/mol. The molecule has 202 valence electrons. The highest BCUT2D eigenvalue weighted by molar-refractivity contribution is 5.83. The number of aryl methyl sites for hydroxylation is 1. The van der Waals surface area contributed by atoms with Crippen LogP contribution in [0, 0.1) is 35.3 Å². The molecule has 0 saturated carbocycles. The van der Waals surface area contributed by atoms with Crippen molar-refractivity contribution in [1.29, 1.82) is 0 Å². The molecule has 0 aliphatic carbocycles. The van der Waals surface area contributed by atoms with Crippen LogP contribution in [0.1, 0.15) is 42.0 Å². The average Bonchev–Trinajstić information content (AvgIpc) is 3.47. The molecule has 0 amide bonds. The number of hydrogen-bond acceptors (Lipinski definition) is 6. The Morgan fingerprint density at radius 3 is 2.85 bits per heavy atom. The van der Waals surface area contributed by atoms with Gasteiger partial charge in [-0.25, -0.2) is 8.78 Å². The summed E-state index contributed by atoms with van der Waals surface area (Å²) in [5.74, 6) is 9.09. The highest BCUT2D eigenvalue weighted by Crippen LogP contribution is 2.28. The Kier molecular flexibility index (Phi) is 7.99. The predicted octanol–water partition coefficient (Wildman–Crippen LogP) is 3.00. The van der Waals surface area contributed by atoms with Crippen LogP contribution in [-0.2, 0) is 7.05 Å². The third-order valence-electron chi connectivity index (χ3n) is 6.66. The molecule has 3 aromatic heterocycles. The van der Waals surface area contributed by atoms with Gasteiger partial charge in [0.15, 0.2) is 0 Å². The van der Waals surface area contributed by atoms with Crippen molar-refractivity contribution in [2.45, 2.75) is 31.2 Å². The topological polar surface area (TPSA) is 102 Å². The van der Waals surface area contributed by atoms with Gasteiger partial charge in [-0.05, 0) is 67.0 Å². The molecule has 0 radical (unpaired) electrons. The van der Waals surface area contributed by atoms with Gasteiger partial charge in [-0.1, -0.05) is 12.0 Å². The standard InChI is InChI=1S/C30H25F2N5O3/c1-37-14-6-9-22(29(37)39)21(23-15-19(31)11-12-25(23)32)8-3-2-4-10-26-24-16-28(38)34-17-27(24)36-30(35-26)40-18-20-7-5-13-33-20/h6,9,11-12,14-17,20-21,33H,5,7-8,13,18H2,1H3,(H,34,38)/t20-,21?/m0/s1. The lowest BCUT2D eigenvalue weighted by Gasteiger charge is -2.16. The summed E-state index contributed by atoms with van der Waals surface area (Å²) in [4.78, 5) is 36.1. The van der Waals surface area contributed by atoms with Gasteiger partial charge in [0.2, 0.25) is 5.56 Å². The summed E-state index contributed by atoms with van der Waals surface area (Å²) in [6, 6.07) is 8.07. The summed E-state index contributed by atoms with van der Waals surface area (Å²) >= 11 is 0. The Labute approximate surface area is 228 Å². The minimum absolute atomic E-state index is 0.0151. The highest BCUT2D eigenvalue weighted by atomic mass is 19.1. The molecular weight excluding hydrogens is 516 g/mol. The Hall–Kier alpha value is -4.80. The summed E-state index contributed by atoms with van der Waals surface area (Å²) in [7, 11) is 1.58. The fourth-order valence-corrected chi connectivity index (χ4v) is 4.60. The predicted molar refractivity (Wildman–Crippen MR) is 146 cm³/mol. The van der Waals surface area contributed by atoms with Gasteiger partial charge in [-0.15, -0.1) is 0 Å². The number of hydrogen-bond donors (Lipinski definition) is 2. The molecule has 1 saturated heterocycles. The first kappa shape index (κ1) is 26.8. The molecule has 2 N–H and O–H groups in total. The van der Waals surface area contributed by atoms with E-state index in [-0.39, 0.29) is 46.4 Å². The largest absolute Gasteiger partial charge is 0.462 e. The minimum Gasteiger partial charge on any atom is -0.462 e. The number of benzene rings is 1. The molecule has 1 aliphatic heterocycles. The number of rotatable bonds is 6. The molecule has 1 aliphatic rings. The van der Waals surface area contributed by atoms with Crippen LogP contribution in [0.15, 0.2) is 58.4 Å². The molecule has 4 aromatic rings. The zero-order valence-electron chi connectivity index (χ0n) is 21.6. The first-order valence-corrected chi connectivity index (χ1v) is 12.7. The van der Waals surface area contributed by atoms with Crippen molar-refractivity contribution in [3.05, 3.63) is 98.0 Å². The Morgan fingerprint density at radius 1 is 1.15 bits per heavy atom. The normalized spacial score (nSPS) is 15.1. The minimum atomic E-state index is -0.812. The van der Waals surface area contributed by atoms with Crippen LogP contribution in [0.3, 0.4) is 0 Å². The molecule has 1 fully saturated rings. The average molecular weight is 542 g/mol. The van der Waals surface area contributed by atoms with Crippen LogP contribution in [0.25, 0.3) is 10.9 Å².